The number of nitrogens with zero attached hydrogens (tertiary/aromatic N) is 2. The second-order valence-electron chi connectivity index (χ2n) is 4.16. The van der Waals surface area contributed by atoms with Crippen LogP contribution in [0.25, 0.3) is 0 Å². The Bertz CT molecular complexity index is 152. The summed E-state index contributed by atoms with van der Waals surface area (Å²) in [5, 5.41) is 0. The van der Waals surface area contributed by atoms with Crippen molar-refractivity contribution in [3.8, 4) is 0 Å². The summed E-state index contributed by atoms with van der Waals surface area (Å²) in [6.07, 6.45) is 1.21. The number of hydrogen-bond donors (Lipinski definition) is 1. The Kier molecular flexibility index (Phi) is 5.40. The molecule has 0 aromatic rings. The van der Waals surface area contributed by atoms with Gasteiger partial charge in [0.25, 0.3) is 0 Å². The summed E-state index contributed by atoms with van der Waals surface area (Å²) in [7, 11) is 4.22. The molecule has 4 heteroatoms. The van der Waals surface area contributed by atoms with Crippen molar-refractivity contribution in [2.45, 2.75) is 12.5 Å². The van der Waals surface area contributed by atoms with E-state index in [1.807, 2.05) is 0 Å². The second kappa shape index (κ2) is 6.35. The average molecular weight is 201 g/mol. The van der Waals surface area contributed by atoms with Gasteiger partial charge in [0.05, 0.1) is 13.2 Å². The molecule has 0 amide bonds. The van der Waals surface area contributed by atoms with E-state index in [1.165, 1.54) is 6.42 Å². The number of hydrogen-bond acceptors (Lipinski definition) is 4. The molecule has 0 aromatic heterocycles. The molecule has 84 valence electrons. The van der Waals surface area contributed by atoms with Crippen LogP contribution in [0.5, 0.6) is 0 Å². The van der Waals surface area contributed by atoms with Crippen LogP contribution in [-0.2, 0) is 4.74 Å². The van der Waals surface area contributed by atoms with Crippen LogP contribution in [0.15, 0.2) is 0 Å². The number of ether oxygens (including phenoxy) is 1. The zero-order chi connectivity index (χ0) is 10.4. The summed E-state index contributed by atoms with van der Waals surface area (Å²) in [4.78, 5) is 4.67. The van der Waals surface area contributed by atoms with Crippen molar-refractivity contribution >= 4 is 0 Å². The van der Waals surface area contributed by atoms with E-state index in [4.69, 9.17) is 10.5 Å². The lowest BCUT2D eigenvalue weighted by molar-refractivity contribution is -0.00481. The highest BCUT2D eigenvalue weighted by Crippen LogP contribution is 2.06. The number of rotatable bonds is 5. The molecule has 0 radical (unpaired) electrons. The van der Waals surface area contributed by atoms with Crippen molar-refractivity contribution in [2.75, 3.05) is 53.5 Å². The Morgan fingerprint density at radius 2 is 2.29 bits per heavy atom. The molecule has 1 aliphatic rings. The maximum atomic E-state index is 5.69. The summed E-state index contributed by atoms with van der Waals surface area (Å²) in [6, 6.07) is 0.436. The molecule has 0 aromatic carbocycles. The minimum absolute atomic E-state index is 0.436. The first-order valence-electron chi connectivity index (χ1n) is 5.40. The molecule has 0 aliphatic carbocycles. The van der Waals surface area contributed by atoms with Gasteiger partial charge in [-0.1, -0.05) is 0 Å². The van der Waals surface area contributed by atoms with Gasteiger partial charge in [0, 0.05) is 19.1 Å². The molecule has 1 aliphatic heterocycles. The summed E-state index contributed by atoms with van der Waals surface area (Å²) in [6.45, 7) is 5.70. The maximum absolute atomic E-state index is 5.69. The molecule has 14 heavy (non-hydrogen) atoms. The molecule has 1 heterocycles. The molecule has 1 saturated heterocycles. The molecule has 1 fully saturated rings. The Hall–Kier alpha value is -0.160. The van der Waals surface area contributed by atoms with E-state index in [0.717, 1.165) is 32.8 Å². The van der Waals surface area contributed by atoms with Crippen molar-refractivity contribution in [2.24, 2.45) is 5.73 Å². The van der Waals surface area contributed by atoms with Crippen LogP contribution >= 0.6 is 0 Å². The third-order valence-electron chi connectivity index (χ3n) is 2.67. The van der Waals surface area contributed by atoms with Crippen molar-refractivity contribution < 1.29 is 4.74 Å². The van der Waals surface area contributed by atoms with Gasteiger partial charge in [-0.3, -0.25) is 4.90 Å². The summed E-state index contributed by atoms with van der Waals surface area (Å²) < 4.78 is 5.40. The van der Waals surface area contributed by atoms with Gasteiger partial charge >= 0.3 is 0 Å². The van der Waals surface area contributed by atoms with Crippen LogP contribution < -0.4 is 5.73 Å². The van der Waals surface area contributed by atoms with Crippen LogP contribution in [-0.4, -0.2) is 69.3 Å². The fourth-order valence-electron chi connectivity index (χ4n) is 1.79. The number of nitrogens with two attached hydrogens (primary N) is 1. The minimum Gasteiger partial charge on any atom is -0.378 e. The fraction of sp³-hybridized carbons (Fsp3) is 1.00. The quantitative estimate of drug-likeness (QED) is 0.657. The first-order chi connectivity index (χ1) is 6.74. The van der Waals surface area contributed by atoms with Gasteiger partial charge in [-0.15, -0.1) is 0 Å². The van der Waals surface area contributed by atoms with Gasteiger partial charge in [0.2, 0.25) is 0 Å². The van der Waals surface area contributed by atoms with Crippen molar-refractivity contribution in [3.63, 3.8) is 0 Å². The lowest BCUT2D eigenvalue weighted by Gasteiger charge is -2.35. The monoisotopic (exact) mass is 201 g/mol. The largest absolute Gasteiger partial charge is 0.378 e. The highest BCUT2D eigenvalue weighted by Gasteiger charge is 2.20. The van der Waals surface area contributed by atoms with E-state index in [2.05, 4.69) is 23.9 Å². The topological polar surface area (TPSA) is 41.7 Å². The summed E-state index contributed by atoms with van der Waals surface area (Å²) >= 11 is 0. The lowest BCUT2D eigenvalue weighted by Crippen LogP contribution is -2.49. The van der Waals surface area contributed by atoms with Crippen LogP contribution in [0, 0.1) is 0 Å². The molecule has 0 spiro atoms. The first-order valence-corrected chi connectivity index (χ1v) is 5.40. The van der Waals surface area contributed by atoms with Gasteiger partial charge in [-0.25, -0.2) is 0 Å². The van der Waals surface area contributed by atoms with Gasteiger partial charge in [0.1, 0.15) is 0 Å². The predicted octanol–water partition coefficient (Wildman–Crippen LogP) is -0.402. The highest BCUT2D eigenvalue weighted by molar-refractivity contribution is 4.75. The van der Waals surface area contributed by atoms with Crippen LogP contribution in [0.3, 0.4) is 0 Å². The van der Waals surface area contributed by atoms with Gasteiger partial charge in [-0.05, 0) is 33.6 Å². The van der Waals surface area contributed by atoms with Gasteiger partial charge in [-0.2, -0.15) is 0 Å². The Labute approximate surface area is 87.0 Å². The smallest absolute Gasteiger partial charge is 0.0634 e. The number of morpholine rings is 1. The molecular formula is C10H23N3O. The first kappa shape index (κ1) is 11.9. The molecule has 4 nitrogen and oxygen atoms in total. The summed E-state index contributed by atoms with van der Waals surface area (Å²) in [5.41, 5.74) is 5.69. The summed E-state index contributed by atoms with van der Waals surface area (Å²) in [5.74, 6) is 0. The van der Waals surface area contributed by atoms with E-state index in [0.29, 0.717) is 12.6 Å². The molecule has 1 unspecified atom stereocenters. The van der Waals surface area contributed by atoms with Crippen molar-refractivity contribution in [3.05, 3.63) is 0 Å². The molecular weight excluding hydrogens is 178 g/mol. The molecule has 0 bridgehead atoms. The average Bonchev–Trinajstić information content (AvgIpc) is 2.18. The van der Waals surface area contributed by atoms with Gasteiger partial charge in [0.15, 0.2) is 0 Å². The second-order valence-corrected chi connectivity index (χ2v) is 4.16. The molecule has 2 N–H and O–H groups in total. The molecule has 1 rings (SSSR count). The predicted molar refractivity (Wildman–Crippen MR) is 58.4 cm³/mol. The van der Waals surface area contributed by atoms with E-state index in [9.17, 15) is 0 Å². The molecule has 1 atom stereocenters. The van der Waals surface area contributed by atoms with E-state index in [1.54, 1.807) is 0 Å². The van der Waals surface area contributed by atoms with E-state index < -0.39 is 0 Å². The Balaban J connectivity index is 2.19. The Morgan fingerprint density at radius 3 is 2.93 bits per heavy atom. The molecule has 0 saturated carbocycles. The minimum atomic E-state index is 0.436. The van der Waals surface area contributed by atoms with Crippen LogP contribution in [0.4, 0.5) is 0 Å². The van der Waals surface area contributed by atoms with Crippen molar-refractivity contribution in [1.82, 2.24) is 9.80 Å². The third kappa shape index (κ3) is 3.92. The standard InChI is InChI=1S/C10H23N3O/c1-12(2)4-3-5-13-6-7-14-9-10(13)8-11/h10H,3-9,11H2,1-2H3. The fourth-order valence-corrected chi connectivity index (χ4v) is 1.79. The van der Waals surface area contributed by atoms with Crippen molar-refractivity contribution in [1.29, 1.82) is 0 Å². The van der Waals surface area contributed by atoms with E-state index in [-0.39, 0.29) is 0 Å². The Morgan fingerprint density at radius 1 is 1.50 bits per heavy atom. The highest BCUT2D eigenvalue weighted by atomic mass is 16.5. The zero-order valence-electron chi connectivity index (χ0n) is 9.41. The lowest BCUT2D eigenvalue weighted by atomic mass is 10.2. The SMILES string of the molecule is CN(C)CCCN1CCOCC1CN. The normalized spacial score (nSPS) is 24.4. The maximum Gasteiger partial charge on any atom is 0.0634 e. The van der Waals surface area contributed by atoms with Gasteiger partial charge < -0.3 is 15.4 Å². The third-order valence-corrected chi connectivity index (χ3v) is 2.67. The zero-order valence-corrected chi connectivity index (χ0v) is 9.41. The van der Waals surface area contributed by atoms with Crippen LogP contribution in [0.1, 0.15) is 6.42 Å². The van der Waals surface area contributed by atoms with E-state index >= 15 is 0 Å². The van der Waals surface area contributed by atoms with Crippen LogP contribution in [0.2, 0.25) is 0 Å².